The maximum absolute atomic E-state index is 12.7. The standard InChI is InChI=1S/C19H21N3O4S/c20-8-16(12-1-3-14(4-2-12)26-15(10-23)11-24)19(25)22-18-7-13-5-6-21-9-17(13)27-18/h1-7,9,15-16,23-24H,8,10-11,20H2,(H,22,25). The van der Waals surface area contributed by atoms with Crippen LogP contribution in [0.15, 0.2) is 48.8 Å². The number of ether oxygens (including phenoxy) is 1. The van der Waals surface area contributed by atoms with E-state index >= 15 is 0 Å². The van der Waals surface area contributed by atoms with Gasteiger partial charge in [0.25, 0.3) is 0 Å². The van der Waals surface area contributed by atoms with Crippen molar-refractivity contribution in [3.05, 3.63) is 54.4 Å². The van der Waals surface area contributed by atoms with Gasteiger partial charge < -0.3 is 26.0 Å². The molecule has 0 bridgehead atoms. The summed E-state index contributed by atoms with van der Waals surface area (Å²) in [7, 11) is 0. The fourth-order valence-corrected chi connectivity index (χ4v) is 3.59. The van der Waals surface area contributed by atoms with E-state index in [0.717, 1.165) is 20.7 Å². The van der Waals surface area contributed by atoms with Crippen LogP contribution in [0.3, 0.4) is 0 Å². The van der Waals surface area contributed by atoms with Gasteiger partial charge in [0, 0.05) is 18.9 Å². The number of hydrogen-bond donors (Lipinski definition) is 4. The van der Waals surface area contributed by atoms with Crippen molar-refractivity contribution >= 4 is 32.3 Å². The quantitative estimate of drug-likeness (QED) is 0.467. The van der Waals surface area contributed by atoms with Gasteiger partial charge in [-0.3, -0.25) is 9.78 Å². The monoisotopic (exact) mass is 387 g/mol. The molecule has 5 N–H and O–H groups in total. The summed E-state index contributed by atoms with van der Waals surface area (Å²) in [6.07, 6.45) is 2.80. The van der Waals surface area contributed by atoms with E-state index in [1.165, 1.54) is 11.3 Å². The van der Waals surface area contributed by atoms with Crippen molar-refractivity contribution in [3.63, 3.8) is 0 Å². The maximum Gasteiger partial charge on any atom is 0.233 e. The number of nitrogens with two attached hydrogens (primary N) is 1. The molecule has 3 aromatic rings. The second-order valence-corrected chi connectivity index (χ2v) is 7.06. The fraction of sp³-hybridized carbons (Fsp3) is 0.263. The molecule has 2 aromatic heterocycles. The number of rotatable bonds is 8. The van der Waals surface area contributed by atoms with Gasteiger partial charge in [-0.25, -0.2) is 0 Å². The van der Waals surface area contributed by atoms with Crippen LogP contribution in [0.5, 0.6) is 5.75 Å². The number of pyridine rings is 1. The third-order valence-electron chi connectivity index (χ3n) is 4.11. The number of aliphatic hydroxyl groups excluding tert-OH is 2. The molecule has 0 fully saturated rings. The highest BCUT2D eigenvalue weighted by Gasteiger charge is 2.20. The first kappa shape index (κ1) is 19.2. The van der Waals surface area contributed by atoms with Crippen molar-refractivity contribution < 1.29 is 19.7 Å². The van der Waals surface area contributed by atoms with Crippen LogP contribution in [0, 0.1) is 0 Å². The van der Waals surface area contributed by atoms with Crippen LogP contribution in [0.1, 0.15) is 11.5 Å². The molecule has 3 rings (SSSR count). The number of hydrogen-bond acceptors (Lipinski definition) is 7. The summed E-state index contributed by atoms with van der Waals surface area (Å²) in [5.74, 6) is -0.191. The Labute approximate surface area is 160 Å². The number of aliphatic hydroxyl groups is 2. The number of amides is 1. The van der Waals surface area contributed by atoms with E-state index in [2.05, 4.69) is 10.3 Å². The molecule has 1 unspecified atom stereocenters. The van der Waals surface area contributed by atoms with Crippen molar-refractivity contribution in [2.45, 2.75) is 12.0 Å². The lowest BCUT2D eigenvalue weighted by Crippen LogP contribution is -2.27. The van der Waals surface area contributed by atoms with Crippen molar-refractivity contribution in [1.29, 1.82) is 0 Å². The molecule has 0 aliphatic carbocycles. The average Bonchev–Trinajstić information content (AvgIpc) is 3.10. The average molecular weight is 387 g/mol. The van der Waals surface area contributed by atoms with Crippen LogP contribution in [-0.2, 0) is 4.79 Å². The first-order chi connectivity index (χ1) is 13.1. The summed E-state index contributed by atoms with van der Waals surface area (Å²) in [4.78, 5) is 16.8. The van der Waals surface area contributed by atoms with E-state index in [1.807, 2.05) is 12.1 Å². The molecule has 8 heteroatoms. The zero-order chi connectivity index (χ0) is 19.2. The summed E-state index contributed by atoms with van der Waals surface area (Å²) in [5.41, 5.74) is 6.59. The minimum atomic E-state index is -0.674. The number of nitrogens with one attached hydrogen (secondary N) is 1. The summed E-state index contributed by atoms with van der Waals surface area (Å²) in [5, 5.41) is 22.8. The number of carbonyl (C=O) groups is 1. The Morgan fingerprint density at radius 2 is 1.96 bits per heavy atom. The highest BCUT2D eigenvalue weighted by Crippen LogP contribution is 2.30. The molecule has 0 spiro atoms. The first-order valence-electron chi connectivity index (χ1n) is 8.47. The predicted octanol–water partition coefficient (Wildman–Crippen LogP) is 1.71. The summed E-state index contributed by atoms with van der Waals surface area (Å²) in [6.45, 7) is -0.401. The molecule has 0 aliphatic rings. The smallest absolute Gasteiger partial charge is 0.233 e. The first-order valence-corrected chi connectivity index (χ1v) is 9.29. The number of fused-ring (bicyclic) bond motifs is 1. The van der Waals surface area contributed by atoms with E-state index in [1.54, 1.807) is 36.7 Å². The van der Waals surface area contributed by atoms with E-state index in [0.29, 0.717) is 5.75 Å². The Balaban J connectivity index is 1.70. The van der Waals surface area contributed by atoms with Gasteiger partial charge in [0.15, 0.2) is 0 Å². The number of nitrogens with zero attached hydrogens (tertiary/aromatic N) is 1. The van der Waals surface area contributed by atoms with Gasteiger partial charge in [0.1, 0.15) is 11.9 Å². The minimum absolute atomic E-state index is 0.161. The van der Waals surface area contributed by atoms with Crippen LogP contribution in [0.25, 0.3) is 10.1 Å². The molecule has 1 amide bonds. The molecule has 7 nitrogen and oxygen atoms in total. The van der Waals surface area contributed by atoms with Crippen LogP contribution < -0.4 is 15.8 Å². The summed E-state index contributed by atoms with van der Waals surface area (Å²) in [6, 6.07) is 10.7. The molecular formula is C19H21N3O4S. The van der Waals surface area contributed by atoms with Crippen LogP contribution in [-0.4, -0.2) is 47.0 Å². The van der Waals surface area contributed by atoms with Gasteiger partial charge in [-0.15, -0.1) is 11.3 Å². The van der Waals surface area contributed by atoms with Crippen molar-refractivity contribution in [2.24, 2.45) is 5.73 Å². The fourth-order valence-electron chi connectivity index (χ4n) is 2.65. The zero-order valence-electron chi connectivity index (χ0n) is 14.5. The Hall–Kier alpha value is -2.52. The number of anilines is 1. The van der Waals surface area contributed by atoms with E-state index in [-0.39, 0.29) is 25.7 Å². The summed E-state index contributed by atoms with van der Waals surface area (Å²) < 4.78 is 6.44. The third kappa shape index (κ3) is 4.61. The van der Waals surface area contributed by atoms with E-state index < -0.39 is 12.0 Å². The molecule has 0 saturated carbocycles. The third-order valence-corrected chi connectivity index (χ3v) is 5.11. The lowest BCUT2D eigenvalue weighted by atomic mass is 9.98. The van der Waals surface area contributed by atoms with Gasteiger partial charge in [-0.05, 0) is 35.2 Å². The normalized spacial score (nSPS) is 12.3. The van der Waals surface area contributed by atoms with E-state index in [4.69, 9.17) is 20.7 Å². The maximum atomic E-state index is 12.7. The molecule has 2 heterocycles. The zero-order valence-corrected chi connectivity index (χ0v) is 15.4. The Bertz CT molecular complexity index is 860. The number of benzene rings is 1. The molecule has 27 heavy (non-hydrogen) atoms. The minimum Gasteiger partial charge on any atom is -0.486 e. The van der Waals surface area contributed by atoms with Gasteiger partial charge in [-0.1, -0.05) is 12.1 Å². The van der Waals surface area contributed by atoms with Crippen LogP contribution in [0.4, 0.5) is 5.00 Å². The second kappa shape index (κ2) is 8.92. The molecule has 0 radical (unpaired) electrons. The number of aromatic nitrogens is 1. The second-order valence-electron chi connectivity index (χ2n) is 5.98. The van der Waals surface area contributed by atoms with Gasteiger partial charge in [0.05, 0.1) is 28.8 Å². The van der Waals surface area contributed by atoms with Crippen LogP contribution >= 0.6 is 11.3 Å². The van der Waals surface area contributed by atoms with Crippen molar-refractivity contribution in [2.75, 3.05) is 25.1 Å². The number of carbonyl (C=O) groups excluding carboxylic acids is 1. The molecule has 1 aromatic carbocycles. The SMILES string of the molecule is NCC(C(=O)Nc1cc2ccncc2s1)c1ccc(OC(CO)CO)cc1. The Morgan fingerprint density at radius 3 is 2.59 bits per heavy atom. The highest BCUT2D eigenvalue weighted by molar-refractivity contribution is 7.22. The molecule has 0 saturated heterocycles. The lowest BCUT2D eigenvalue weighted by molar-refractivity contribution is -0.117. The van der Waals surface area contributed by atoms with Gasteiger partial charge in [-0.2, -0.15) is 0 Å². The molecule has 142 valence electrons. The predicted molar refractivity (Wildman–Crippen MR) is 105 cm³/mol. The topological polar surface area (TPSA) is 118 Å². The van der Waals surface area contributed by atoms with Crippen molar-refractivity contribution in [1.82, 2.24) is 4.98 Å². The lowest BCUT2D eigenvalue weighted by Gasteiger charge is -2.17. The molecular weight excluding hydrogens is 366 g/mol. The summed E-state index contributed by atoms with van der Waals surface area (Å²) >= 11 is 1.46. The van der Waals surface area contributed by atoms with Crippen LogP contribution in [0.2, 0.25) is 0 Å². The van der Waals surface area contributed by atoms with E-state index in [9.17, 15) is 4.79 Å². The molecule has 0 aliphatic heterocycles. The van der Waals surface area contributed by atoms with Crippen molar-refractivity contribution in [3.8, 4) is 5.75 Å². The molecule has 1 atom stereocenters. The highest BCUT2D eigenvalue weighted by atomic mass is 32.1. The Morgan fingerprint density at radius 1 is 1.22 bits per heavy atom. The van der Waals surface area contributed by atoms with Gasteiger partial charge in [0.2, 0.25) is 5.91 Å². The largest absolute Gasteiger partial charge is 0.486 e. The Kier molecular flexibility index (Phi) is 6.36. The van der Waals surface area contributed by atoms with Gasteiger partial charge >= 0.3 is 0 Å². The number of thiophene rings is 1.